The second-order valence-corrected chi connectivity index (χ2v) is 5.41. The number of carbonyl (C=O) groups is 1. The summed E-state index contributed by atoms with van der Waals surface area (Å²) in [5, 5.41) is 6.19. The number of thiazole rings is 1. The van der Waals surface area contributed by atoms with E-state index in [4.69, 9.17) is 0 Å². The maximum absolute atomic E-state index is 12.1. The molecule has 0 radical (unpaired) electrons. The summed E-state index contributed by atoms with van der Waals surface area (Å²) in [5.41, 5.74) is 0.844. The molecule has 1 N–H and O–H groups in total. The molecule has 1 fully saturated rings. The van der Waals surface area contributed by atoms with Crippen molar-refractivity contribution in [2.45, 2.75) is 26.7 Å². The summed E-state index contributed by atoms with van der Waals surface area (Å²) in [4.78, 5) is 16.4. The third-order valence-corrected chi connectivity index (χ3v) is 3.99. The van der Waals surface area contributed by atoms with E-state index in [1.54, 1.807) is 11.3 Å². The normalized spacial score (nSPS) is 25.7. The number of carbonyl (C=O) groups excluding carboxylic acids is 1. The topological polar surface area (TPSA) is 42.0 Å². The van der Waals surface area contributed by atoms with Gasteiger partial charge in [-0.3, -0.25) is 4.79 Å². The van der Waals surface area contributed by atoms with E-state index in [0.29, 0.717) is 12.2 Å². The van der Waals surface area contributed by atoms with E-state index in [1.807, 2.05) is 12.3 Å². The Bertz CT molecular complexity index is 366. The quantitative estimate of drug-likeness (QED) is 0.847. The second kappa shape index (κ2) is 4.02. The Balaban J connectivity index is 2.03. The molecule has 2 rings (SSSR count). The van der Waals surface area contributed by atoms with E-state index in [9.17, 15) is 4.79 Å². The molecule has 82 valence electrons. The zero-order chi connectivity index (χ0) is 10.9. The molecule has 0 spiro atoms. The smallest absolute Gasteiger partial charge is 0.146 e. The van der Waals surface area contributed by atoms with Gasteiger partial charge < -0.3 is 5.32 Å². The Hall–Kier alpha value is -0.740. The summed E-state index contributed by atoms with van der Waals surface area (Å²) < 4.78 is 0. The molecule has 4 heteroatoms. The van der Waals surface area contributed by atoms with Crippen LogP contribution in [0.1, 0.15) is 24.0 Å². The van der Waals surface area contributed by atoms with E-state index in [0.717, 1.165) is 30.2 Å². The molecule has 3 nitrogen and oxygen atoms in total. The number of aromatic nitrogens is 1. The van der Waals surface area contributed by atoms with Crippen LogP contribution in [0, 0.1) is 12.3 Å². The van der Waals surface area contributed by atoms with Gasteiger partial charge in [-0.15, -0.1) is 11.3 Å². The number of ketones is 1. The lowest BCUT2D eigenvalue weighted by molar-refractivity contribution is -0.126. The van der Waals surface area contributed by atoms with Gasteiger partial charge in [0.1, 0.15) is 10.8 Å². The average Bonchev–Trinajstić information content (AvgIpc) is 2.76. The molecular weight excluding hydrogens is 208 g/mol. The highest BCUT2D eigenvalue weighted by atomic mass is 32.1. The van der Waals surface area contributed by atoms with Gasteiger partial charge in [0.25, 0.3) is 0 Å². The van der Waals surface area contributed by atoms with Crippen LogP contribution in [0.3, 0.4) is 0 Å². The minimum atomic E-state index is -0.167. The summed E-state index contributed by atoms with van der Waals surface area (Å²) in [6.45, 7) is 5.79. The molecule has 0 aliphatic carbocycles. The Kier molecular flexibility index (Phi) is 2.89. The first-order valence-electron chi connectivity index (χ1n) is 5.25. The molecule has 1 saturated heterocycles. The summed E-state index contributed by atoms with van der Waals surface area (Å²) in [7, 11) is 0. The Morgan fingerprint density at radius 3 is 3.07 bits per heavy atom. The van der Waals surface area contributed by atoms with Crippen LogP contribution in [0.2, 0.25) is 0 Å². The fraction of sp³-hybridized carbons (Fsp3) is 0.636. The van der Waals surface area contributed by atoms with Crippen LogP contribution in [-0.2, 0) is 11.2 Å². The Morgan fingerprint density at radius 2 is 2.53 bits per heavy atom. The van der Waals surface area contributed by atoms with Gasteiger partial charge in [-0.2, -0.15) is 0 Å². The largest absolute Gasteiger partial charge is 0.316 e. The molecule has 1 atom stereocenters. The molecule has 1 aromatic heterocycles. The molecule has 1 aromatic rings. The van der Waals surface area contributed by atoms with Crippen molar-refractivity contribution in [3.05, 3.63) is 16.1 Å². The van der Waals surface area contributed by atoms with Crippen LogP contribution in [0.25, 0.3) is 0 Å². The predicted molar refractivity (Wildman–Crippen MR) is 61.2 cm³/mol. The van der Waals surface area contributed by atoms with Crippen LogP contribution in [-0.4, -0.2) is 23.9 Å². The van der Waals surface area contributed by atoms with Crippen molar-refractivity contribution in [3.63, 3.8) is 0 Å². The van der Waals surface area contributed by atoms with E-state index in [-0.39, 0.29) is 5.41 Å². The average molecular weight is 224 g/mol. The van der Waals surface area contributed by atoms with Gasteiger partial charge >= 0.3 is 0 Å². The summed E-state index contributed by atoms with van der Waals surface area (Å²) in [5.74, 6) is 0.321. The molecule has 0 amide bonds. The van der Waals surface area contributed by atoms with Crippen molar-refractivity contribution in [3.8, 4) is 0 Å². The van der Waals surface area contributed by atoms with E-state index < -0.39 is 0 Å². The van der Waals surface area contributed by atoms with Gasteiger partial charge in [-0.1, -0.05) is 6.92 Å². The van der Waals surface area contributed by atoms with E-state index >= 15 is 0 Å². The highest BCUT2D eigenvalue weighted by molar-refractivity contribution is 7.09. The number of Topliss-reactive ketones (excluding diaryl/α,β-unsaturated/α-hetero) is 1. The first kappa shape index (κ1) is 10.8. The van der Waals surface area contributed by atoms with Crippen LogP contribution in [0.5, 0.6) is 0 Å². The number of hydrogen-bond donors (Lipinski definition) is 1. The lowest BCUT2D eigenvalue weighted by Gasteiger charge is -2.19. The van der Waals surface area contributed by atoms with E-state index in [1.165, 1.54) is 0 Å². The third-order valence-electron chi connectivity index (χ3n) is 3.02. The number of nitrogens with one attached hydrogen (secondary N) is 1. The van der Waals surface area contributed by atoms with Crippen molar-refractivity contribution >= 4 is 17.1 Å². The van der Waals surface area contributed by atoms with Gasteiger partial charge in [0.05, 0.1) is 6.42 Å². The molecule has 0 bridgehead atoms. The van der Waals surface area contributed by atoms with Crippen molar-refractivity contribution in [1.82, 2.24) is 10.3 Å². The monoisotopic (exact) mass is 224 g/mol. The second-order valence-electron chi connectivity index (χ2n) is 4.47. The summed E-state index contributed by atoms with van der Waals surface area (Å²) >= 11 is 1.58. The van der Waals surface area contributed by atoms with Crippen molar-refractivity contribution in [2.75, 3.05) is 13.1 Å². The minimum Gasteiger partial charge on any atom is -0.316 e. The van der Waals surface area contributed by atoms with Gasteiger partial charge in [-0.25, -0.2) is 4.98 Å². The van der Waals surface area contributed by atoms with Crippen LogP contribution in [0.15, 0.2) is 5.38 Å². The number of hydrogen-bond acceptors (Lipinski definition) is 4. The molecule has 1 aliphatic heterocycles. The van der Waals surface area contributed by atoms with Gasteiger partial charge in [0.15, 0.2) is 0 Å². The lowest BCUT2D eigenvalue weighted by atomic mass is 9.83. The summed E-state index contributed by atoms with van der Waals surface area (Å²) in [6, 6.07) is 0. The molecule has 15 heavy (non-hydrogen) atoms. The van der Waals surface area contributed by atoms with Crippen molar-refractivity contribution < 1.29 is 4.79 Å². The fourth-order valence-corrected chi connectivity index (χ4v) is 2.66. The number of aryl methyl sites for hydroxylation is 1. The van der Waals surface area contributed by atoms with Gasteiger partial charge in [0, 0.05) is 23.0 Å². The Morgan fingerprint density at radius 1 is 1.73 bits per heavy atom. The predicted octanol–water partition coefficient (Wildman–Crippen LogP) is 1.56. The molecule has 1 unspecified atom stereocenters. The molecule has 0 aromatic carbocycles. The van der Waals surface area contributed by atoms with Gasteiger partial charge in [0.2, 0.25) is 0 Å². The van der Waals surface area contributed by atoms with Gasteiger partial charge in [-0.05, 0) is 19.9 Å². The van der Waals surface area contributed by atoms with Crippen LogP contribution < -0.4 is 5.32 Å². The third kappa shape index (κ3) is 2.26. The van der Waals surface area contributed by atoms with Crippen LogP contribution in [0.4, 0.5) is 0 Å². The van der Waals surface area contributed by atoms with E-state index in [2.05, 4.69) is 17.2 Å². The number of nitrogens with zero attached hydrogens (tertiary/aromatic N) is 1. The molecule has 2 heterocycles. The summed E-state index contributed by atoms with van der Waals surface area (Å²) in [6.07, 6.45) is 1.45. The molecule has 0 saturated carbocycles. The standard InChI is InChI=1S/C11H16N2OS/c1-8-6-15-10(13-8)5-9(14)11(2)3-4-12-7-11/h6,12H,3-5,7H2,1-2H3. The fourth-order valence-electron chi connectivity index (χ4n) is 1.89. The zero-order valence-corrected chi connectivity index (χ0v) is 9.99. The first-order valence-corrected chi connectivity index (χ1v) is 6.13. The molecular formula is C11H16N2OS. The number of rotatable bonds is 3. The highest BCUT2D eigenvalue weighted by Crippen LogP contribution is 2.27. The lowest BCUT2D eigenvalue weighted by Crippen LogP contribution is -2.31. The van der Waals surface area contributed by atoms with Crippen molar-refractivity contribution in [2.24, 2.45) is 5.41 Å². The zero-order valence-electron chi connectivity index (χ0n) is 9.17. The SMILES string of the molecule is Cc1csc(CC(=O)C2(C)CCNC2)n1. The van der Waals surface area contributed by atoms with Crippen LogP contribution >= 0.6 is 11.3 Å². The maximum atomic E-state index is 12.1. The first-order chi connectivity index (χ1) is 7.10. The minimum absolute atomic E-state index is 0.167. The Labute approximate surface area is 93.9 Å². The van der Waals surface area contributed by atoms with Crippen molar-refractivity contribution in [1.29, 1.82) is 0 Å². The molecule has 1 aliphatic rings. The maximum Gasteiger partial charge on any atom is 0.146 e. The highest BCUT2D eigenvalue weighted by Gasteiger charge is 2.35.